The van der Waals surface area contributed by atoms with Crippen LogP contribution in [0.3, 0.4) is 0 Å². The molecular formula is C18H13ClF2N2O3S. The van der Waals surface area contributed by atoms with Gasteiger partial charge in [-0.1, -0.05) is 35.0 Å². The average Bonchev–Trinajstić information content (AvgIpc) is 3.10. The number of aryl methyl sites for hydroxylation is 1. The summed E-state index contributed by atoms with van der Waals surface area (Å²) in [6.45, 7) is -1.25. The van der Waals surface area contributed by atoms with E-state index in [2.05, 4.69) is 14.9 Å². The zero-order chi connectivity index (χ0) is 19.4. The van der Waals surface area contributed by atoms with Crippen molar-refractivity contribution in [3.63, 3.8) is 0 Å². The van der Waals surface area contributed by atoms with Crippen LogP contribution >= 0.6 is 23.4 Å². The van der Waals surface area contributed by atoms with Crippen molar-refractivity contribution < 1.29 is 22.7 Å². The molecule has 140 valence electrons. The lowest BCUT2D eigenvalue weighted by atomic mass is 10.1. The molecule has 0 amide bonds. The van der Waals surface area contributed by atoms with Gasteiger partial charge in [0, 0.05) is 10.6 Å². The number of benzene rings is 2. The number of aromatic nitrogens is 2. The fourth-order valence-corrected chi connectivity index (χ4v) is 3.02. The molecule has 0 atom stereocenters. The largest absolute Gasteiger partial charge is 0.434 e. The summed E-state index contributed by atoms with van der Waals surface area (Å²) in [5.41, 5.74) is 1.53. The molecular weight excluding hydrogens is 398 g/mol. The molecule has 1 aromatic heterocycles. The van der Waals surface area contributed by atoms with E-state index >= 15 is 0 Å². The van der Waals surface area contributed by atoms with Crippen molar-refractivity contribution in [1.29, 1.82) is 0 Å². The summed E-state index contributed by atoms with van der Waals surface area (Å²) in [7, 11) is 0. The lowest BCUT2D eigenvalue weighted by Crippen LogP contribution is -2.10. The summed E-state index contributed by atoms with van der Waals surface area (Å²) < 4.78 is 35.0. The Hall–Kier alpha value is -2.45. The maximum atomic E-state index is 12.5. The molecule has 3 rings (SSSR count). The Balaban J connectivity index is 1.69. The van der Waals surface area contributed by atoms with Crippen LogP contribution in [0.15, 0.2) is 52.1 Å². The van der Waals surface area contributed by atoms with Crippen LogP contribution in [0.4, 0.5) is 8.78 Å². The highest BCUT2D eigenvalue weighted by molar-refractivity contribution is 7.99. The van der Waals surface area contributed by atoms with Crippen molar-refractivity contribution in [1.82, 2.24) is 10.2 Å². The fourth-order valence-electron chi connectivity index (χ4n) is 2.24. The quantitative estimate of drug-likeness (QED) is 0.390. The second kappa shape index (κ2) is 8.49. The minimum absolute atomic E-state index is 0.0642. The van der Waals surface area contributed by atoms with Gasteiger partial charge in [0.1, 0.15) is 5.75 Å². The Morgan fingerprint density at radius 2 is 1.96 bits per heavy atom. The first-order valence-corrected chi connectivity index (χ1v) is 9.09. The van der Waals surface area contributed by atoms with E-state index in [1.54, 1.807) is 37.3 Å². The molecule has 0 aliphatic carbocycles. The van der Waals surface area contributed by atoms with Crippen LogP contribution in [0, 0.1) is 6.92 Å². The minimum Gasteiger partial charge on any atom is -0.434 e. The van der Waals surface area contributed by atoms with E-state index < -0.39 is 6.61 Å². The number of carbonyl (C=O) groups excluding carboxylic acids is 1. The van der Waals surface area contributed by atoms with Gasteiger partial charge in [0.15, 0.2) is 5.78 Å². The standard InChI is InChI=1S/C18H13ClF2N2O3S/c1-10-2-7-15(25-17(20)21)13(8-10)14(24)9-27-18-23-22-16(26-18)11-3-5-12(19)6-4-11/h2-8,17H,9H2,1H3. The lowest BCUT2D eigenvalue weighted by Gasteiger charge is -2.10. The summed E-state index contributed by atoms with van der Waals surface area (Å²) in [5, 5.41) is 8.57. The molecule has 0 saturated carbocycles. The normalized spacial score (nSPS) is 11.0. The molecule has 9 heteroatoms. The number of hydrogen-bond donors (Lipinski definition) is 0. The first kappa shape index (κ1) is 19.3. The number of halogens is 3. The van der Waals surface area contributed by atoms with Crippen molar-refractivity contribution >= 4 is 29.1 Å². The van der Waals surface area contributed by atoms with Crippen molar-refractivity contribution in [2.24, 2.45) is 0 Å². The Labute approximate surface area is 162 Å². The van der Waals surface area contributed by atoms with Crippen LogP contribution in [0.1, 0.15) is 15.9 Å². The maximum Gasteiger partial charge on any atom is 0.387 e. The number of carbonyl (C=O) groups is 1. The maximum absolute atomic E-state index is 12.5. The van der Waals surface area contributed by atoms with Crippen molar-refractivity contribution in [3.8, 4) is 17.2 Å². The van der Waals surface area contributed by atoms with Crippen LogP contribution in [0.5, 0.6) is 5.75 Å². The van der Waals surface area contributed by atoms with Crippen LogP contribution in [-0.4, -0.2) is 28.3 Å². The van der Waals surface area contributed by atoms with Gasteiger partial charge in [-0.3, -0.25) is 4.79 Å². The molecule has 0 N–H and O–H groups in total. The van der Waals surface area contributed by atoms with Gasteiger partial charge in [-0.15, -0.1) is 10.2 Å². The monoisotopic (exact) mass is 410 g/mol. The molecule has 0 unspecified atom stereocenters. The van der Waals surface area contributed by atoms with Gasteiger partial charge >= 0.3 is 6.61 Å². The predicted octanol–water partition coefficient (Wildman–Crippen LogP) is 5.27. The van der Waals surface area contributed by atoms with Gasteiger partial charge in [-0.05, 0) is 43.3 Å². The third-order valence-electron chi connectivity index (χ3n) is 3.48. The molecule has 0 saturated heterocycles. The number of ether oxygens (including phenoxy) is 1. The molecule has 0 aliphatic heterocycles. The smallest absolute Gasteiger partial charge is 0.387 e. The van der Waals surface area contributed by atoms with E-state index in [0.717, 1.165) is 17.3 Å². The Bertz CT molecular complexity index is 948. The predicted molar refractivity (Wildman–Crippen MR) is 97.6 cm³/mol. The van der Waals surface area contributed by atoms with Crippen LogP contribution in [0.25, 0.3) is 11.5 Å². The number of nitrogens with zero attached hydrogens (tertiary/aromatic N) is 2. The third-order valence-corrected chi connectivity index (χ3v) is 4.55. The molecule has 3 aromatic rings. The number of thioether (sulfide) groups is 1. The molecule has 0 spiro atoms. The summed E-state index contributed by atoms with van der Waals surface area (Å²) in [6, 6.07) is 11.3. The molecule has 2 aromatic carbocycles. The van der Waals surface area contributed by atoms with E-state index in [-0.39, 0.29) is 28.1 Å². The summed E-state index contributed by atoms with van der Waals surface area (Å²) >= 11 is 6.85. The SMILES string of the molecule is Cc1ccc(OC(F)F)c(C(=O)CSc2nnc(-c3ccc(Cl)cc3)o2)c1. The number of Topliss-reactive ketones (excluding diaryl/α,β-unsaturated/α-hetero) is 1. The molecule has 0 radical (unpaired) electrons. The summed E-state index contributed by atoms with van der Waals surface area (Å²) in [6.07, 6.45) is 0. The molecule has 0 aliphatic rings. The lowest BCUT2D eigenvalue weighted by molar-refractivity contribution is -0.0501. The minimum atomic E-state index is -3.01. The molecule has 5 nitrogen and oxygen atoms in total. The van der Waals surface area contributed by atoms with Gasteiger partial charge < -0.3 is 9.15 Å². The Morgan fingerprint density at radius 1 is 1.22 bits per heavy atom. The topological polar surface area (TPSA) is 65.2 Å². The zero-order valence-electron chi connectivity index (χ0n) is 14.0. The number of rotatable bonds is 7. The Kier molecular flexibility index (Phi) is 6.08. The first-order chi connectivity index (χ1) is 12.9. The molecule has 27 heavy (non-hydrogen) atoms. The van der Waals surface area contributed by atoms with Crippen molar-refractivity contribution in [2.75, 3.05) is 5.75 Å². The third kappa shape index (κ3) is 5.05. The van der Waals surface area contributed by atoms with E-state index in [0.29, 0.717) is 16.5 Å². The van der Waals surface area contributed by atoms with Gasteiger partial charge in [-0.25, -0.2) is 0 Å². The molecule has 0 fully saturated rings. The van der Waals surface area contributed by atoms with Gasteiger partial charge in [-0.2, -0.15) is 8.78 Å². The highest BCUT2D eigenvalue weighted by Gasteiger charge is 2.18. The fraction of sp³-hybridized carbons (Fsp3) is 0.167. The van der Waals surface area contributed by atoms with Gasteiger partial charge in [0.25, 0.3) is 5.22 Å². The zero-order valence-corrected chi connectivity index (χ0v) is 15.6. The Morgan fingerprint density at radius 3 is 2.67 bits per heavy atom. The highest BCUT2D eigenvalue weighted by atomic mass is 35.5. The van der Waals surface area contributed by atoms with Gasteiger partial charge in [0.05, 0.1) is 11.3 Å². The highest BCUT2D eigenvalue weighted by Crippen LogP contribution is 2.27. The van der Waals surface area contributed by atoms with E-state index in [1.807, 2.05) is 0 Å². The van der Waals surface area contributed by atoms with Gasteiger partial charge in [0.2, 0.25) is 5.89 Å². The van der Waals surface area contributed by atoms with E-state index in [9.17, 15) is 13.6 Å². The van der Waals surface area contributed by atoms with Crippen molar-refractivity contribution in [3.05, 3.63) is 58.6 Å². The van der Waals surface area contributed by atoms with Crippen LogP contribution < -0.4 is 4.74 Å². The number of hydrogen-bond acceptors (Lipinski definition) is 6. The second-order valence-electron chi connectivity index (χ2n) is 5.47. The van der Waals surface area contributed by atoms with E-state index in [1.165, 1.54) is 12.1 Å². The first-order valence-electron chi connectivity index (χ1n) is 7.73. The summed E-state index contributed by atoms with van der Waals surface area (Å²) in [4.78, 5) is 12.4. The molecule has 0 bridgehead atoms. The average molecular weight is 411 g/mol. The summed E-state index contributed by atoms with van der Waals surface area (Å²) in [5.74, 6) is -0.316. The van der Waals surface area contributed by atoms with Crippen LogP contribution in [0.2, 0.25) is 5.02 Å². The molecule has 1 heterocycles. The van der Waals surface area contributed by atoms with Crippen molar-refractivity contribution in [2.45, 2.75) is 18.8 Å². The van der Waals surface area contributed by atoms with Crippen LogP contribution in [-0.2, 0) is 0 Å². The number of alkyl halides is 2. The second-order valence-corrected chi connectivity index (χ2v) is 6.83. The number of ketones is 1. The van der Waals surface area contributed by atoms with E-state index in [4.69, 9.17) is 16.0 Å².